The molecule has 0 spiro atoms. The smallest absolute Gasteiger partial charge is 0.326 e. The summed E-state index contributed by atoms with van der Waals surface area (Å²) >= 11 is 0. The van der Waals surface area contributed by atoms with E-state index >= 15 is 0 Å². The third kappa shape index (κ3) is 5.36. The van der Waals surface area contributed by atoms with Crippen LogP contribution in [0.15, 0.2) is 54.6 Å². The molecule has 1 aliphatic heterocycles. The Hall–Kier alpha value is -3.48. The number of amides is 3. The van der Waals surface area contributed by atoms with E-state index in [1.807, 2.05) is 37.3 Å². The third-order valence-corrected chi connectivity index (χ3v) is 5.20. The lowest BCUT2D eigenvalue weighted by Gasteiger charge is -2.26. The highest BCUT2D eigenvalue weighted by Crippen LogP contribution is 2.20. The van der Waals surface area contributed by atoms with E-state index < -0.39 is 36.3 Å². The van der Waals surface area contributed by atoms with Crippen LogP contribution in [-0.2, 0) is 25.5 Å². The molecule has 0 fully saturated rings. The van der Waals surface area contributed by atoms with Crippen LogP contribution in [0.3, 0.4) is 0 Å². The first-order chi connectivity index (χ1) is 14.9. The first-order valence-electron chi connectivity index (χ1n) is 10.4. The minimum absolute atomic E-state index is 0.0427. The highest BCUT2D eigenvalue weighted by Gasteiger charge is 2.33. The number of benzene rings is 2. The summed E-state index contributed by atoms with van der Waals surface area (Å²) in [7, 11) is 0. The molecule has 162 valence electrons. The van der Waals surface area contributed by atoms with Gasteiger partial charge in [0.25, 0.3) is 11.8 Å². The molecule has 0 aromatic heterocycles. The summed E-state index contributed by atoms with van der Waals surface area (Å²) in [5.74, 6) is -2.24. The molecule has 2 aromatic carbocycles. The van der Waals surface area contributed by atoms with Crippen LogP contribution >= 0.6 is 0 Å². The second-order valence-electron chi connectivity index (χ2n) is 7.51. The molecule has 1 aliphatic rings. The fourth-order valence-electron chi connectivity index (χ4n) is 3.56. The molecular weight excluding hydrogens is 396 g/mol. The largest absolute Gasteiger partial charge is 0.451 e. The Morgan fingerprint density at radius 3 is 2.45 bits per heavy atom. The van der Waals surface area contributed by atoms with Crippen LogP contribution in [-0.4, -0.2) is 41.2 Å². The van der Waals surface area contributed by atoms with Crippen LogP contribution in [0.25, 0.3) is 0 Å². The zero-order valence-corrected chi connectivity index (χ0v) is 17.7. The molecule has 31 heavy (non-hydrogen) atoms. The monoisotopic (exact) mass is 422 g/mol. The predicted octanol–water partition coefficient (Wildman–Crippen LogP) is 2.80. The lowest BCUT2D eigenvalue weighted by molar-refractivity contribution is -0.157. The number of carbonyl (C=O) groups is 4. The van der Waals surface area contributed by atoms with Gasteiger partial charge in [0, 0.05) is 5.56 Å². The second-order valence-corrected chi connectivity index (χ2v) is 7.51. The van der Waals surface area contributed by atoms with Gasteiger partial charge < -0.3 is 10.1 Å². The molecular formula is C24H26N2O5. The molecule has 0 bridgehead atoms. The summed E-state index contributed by atoms with van der Waals surface area (Å²) in [5.41, 5.74) is 2.00. The summed E-state index contributed by atoms with van der Waals surface area (Å²) in [5, 5.41) is 2.91. The summed E-state index contributed by atoms with van der Waals surface area (Å²) in [4.78, 5) is 50.7. The van der Waals surface area contributed by atoms with Crippen molar-refractivity contribution in [2.75, 3.05) is 6.54 Å². The summed E-state index contributed by atoms with van der Waals surface area (Å²) in [6, 6.07) is 16.2. The van der Waals surface area contributed by atoms with Crippen LogP contribution in [0.4, 0.5) is 0 Å². The maximum atomic E-state index is 12.6. The predicted molar refractivity (Wildman–Crippen MR) is 114 cm³/mol. The summed E-state index contributed by atoms with van der Waals surface area (Å²) in [6.45, 7) is 2.97. The van der Waals surface area contributed by atoms with Crippen molar-refractivity contribution >= 4 is 23.7 Å². The number of fused-ring (bicyclic) bond motifs is 1. The summed E-state index contributed by atoms with van der Waals surface area (Å²) in [6.07, 6.45) is 0.597. The average molecular weight is 422 g/mol. The number of hydrogen-bond donors (Lipinski definition) is 1. The number of hydrogen-bond acceptors (Lipinski definition) is 5. The molecule has 2 atom stereocenters. The van der Waals surface area contributed by atoms with Gasteiger partial charge in [0.05, 0.1) is 12.5 Å². The number of esters is 1. The van der Waals surface area contributed by atoms with Gasteiger partial charge in [-0.3, -0.25) is 24.1 Å². The van der Waals surface area contributed by atoms with Gasteiger partial charge >= 0.3 is 5.97 Å². The molecule has 7 heteroatoms. The molecule has 7 nitrogen and oxygen atoms in total. The Labute approximate surface area is 181 Å². The maximum absolute atomic E-state index is 12.6. The zero-order chi connectivity index (χ0) is 22.4. The minimum Gasteiger partial charge on any atom is -0.451 e. The molecule has 3 rings (SSSR count). The number of imide groups is 1. The Morgan fingerprint density at radius 1 is 1.06 bits per heavy atom. The van der Waals surface area contributed by atoms with E-state index in [1.54, 1.807) is 24.3 Å². The fraction of sp³-hybridized carbons (Fsp3) is 0.333. The van der Waals surface area contributed by atoms with Gasteiger partial charge in [-0.1, -0.05) is 61.9 Å². The highest BCUT2D eigenvalue weighted by atomic mass is 16.5. The van der Waals surface area contributed by atoms with Crippen molar-refractivity contribution in [1.82, 2.24) is 10.2 Å². The Kier molecular flexibility index (Phi) is 7.18. The Balaban J connectivity index is 1.59. The molecule has 2 aromatic rings. The van der Waals surface area contributed by atoms with E-state index in [9.17, 15) is 19.2 Å². The zero-order valence-electron chi connectivity index (χ0n) is 17.7. The van der Waals surface area contributed by atoms with E-state index in [1.165, 1.54) is 6.92 Å². The van der Waals surface area contributed by atoms with Crippen molar-refractivity contribution in [3.05, 3.63) is 71.3 Å². The van der Waals surface area contributed by atoms with Crippen molar-refractivity contribution in [3.8, 4) is 0 Å². The number of ether oxygens (including phenoxy) is 1. The van der Waals surface area contributed by atoms with Crippen molar-refractivity contribution < 1.29 is 23.9 Å². The summed E-state index contributed by atoms with van der Waals surface area (Å²) < 4.78 is 5.22. The third-order valence-electron chi connectivity index (χ3n) is 5.20. The number of rotatable bonds is 8. The highest BCUT2D eigenvalue weighted by molar-refractivity contribution is 6.11. The fourth-order valence-corrected chi connectivity index (χ4v) is 3.56. The molecule has 3 amide bonds. The molecule has 0 aliphatic carbocycles. The SMILES string of the molecule is CCC[C@@H](NC(=O)[C@H](C)OC(=O)CN1C(=O)Cc2ccccc2C1=O)c1ccccc1. The van der Waals surface area contributed by atoms with E-state index in [0.29, 0.717) is 11.1 Å². The van der Waals surface area contributed by atoms with E-state index in [0.717, 1.165) is 23.3 Å². The molecule has 1 N–H and O–H groups in total. The molecule has 0 unspecified atom stereocenters. The van der Waals surface area contributed by atoms with Crippen molar-refractivity contribution in [3.63, 3.8) is 0 Å². The van der Waals surface area contributed by atoms with Gasteiger partial charge in [-0.15, -0.1) is 0 Å². The minimum atomic E-state index is -1.06. The number of carbonyl (C=O) groups excluding carboxylic acids is 4. The van der Waals surface area contributed by atoms with Gasteiger partial charge in [0.15, 0.2) is 6.10 Å². The molecule has 0 saturated heterocycles. The van der Waals surface area contributed by atoms with E-state index in [4.69, 9.17) is 4.74 Å². The van der Waals surface area contributed by atoms with Crippen LogP contribution in [0, 0.1) is 0 Å². The lowest BCUT2D eigenvalue weighted by Crippen LogP contribution is -2.46. The van der Waals surface area contributed by atoms with Crippen LogP contribution in [0.5, 0.6) is 0 Å². The van der Waals surface area contributed by atoms with E-state index in [-0.39, 0.29) is 12.5 Å². The van der Waals surface area contributed by atoms with Crippen LogP contribution < -0.4 is 5.32 Å². The second kappa shape index (κ2) is 10.0. The van der Waals surface area contributed by atoms with Gasteiger partial charge in [0.1, 0.15) is 6.54 Å². The lowest BCUT2D eigenvalue weighted by atomic mass is 9.98. The average Bonchev–Trinajstić information content (AvgIpc) is 2.76. The topological polar surface area (TPSA) is 92.8 Å². The first kappa shape index (κ1) is 22.2. The normalized spacial score (nSPS) is 15.1. The van der Waals surface area contributed by atoms with Crippen LogP contribution in [0.2, 0.25) is 0 Å². The first-order valence-corrected chi connectivity index (χ1v) is 10.4. The van der Waals surface area contributed by atoms with Crippen LogP contribution in [0.1, 0.15) is 54.2 Å². The Bertz CT molecular complexity index is 973. The maximum Gasteiger partial charge on any atom is 0.326 e. The molecule has 0 saturated carbocycles. The van der Waals surface area contributed by atoms with E-state index in [2.05, 4.69) is 5.32 Å². The standard InChI is InChI=1S/C24H26N2O5/c1-3-9-20(17-10-5-4-6-11-17)25-23(29)16(2)31-22(28)15-26-21(27)14-18-12-7-8-13-19(18)24(26)30/h4-8,10-13,16,20H,3,9,14-15H2,1-2H3,(H,25,29)/t16-,20+/m0/s1. The van der Waals surface area contributed by atoms with Gasteiger partial charge in [-0.25, -0.2) is 0 Å². The molecule has 0 radical (unpaired) electrons. The van der Waals surface area contributed by atoms with Gasteiger partial charge in [-0.05, 0) is 30.5 Å². The Morgan fingerprint density at radius 2 is 1.74 bits per heavy atom. The van der Waals surface area contributed by atoms with Crippen molar-refractivity contribution in [1.29, 1.82) is 0 Å². The van der Waals surface area contributed by atoms with Gasteiger partial charge in [-0.2, -0.15) is 0 Å². The number of nitrogens with zero attached hydrogens (tertiary/aromatic N) is 1. The van der Waals surface area contributed by atoms with Gasteiger partial charge in [0.2, 0.25) is 5.91 Å². The van der Waals surface area contributed by atoms with Crippen molar-refractivity contribution in [2.45, 2.75) is 45.3 Å². The molecule has 1 heterocycles. The van der Waals surface area contributed by atoms with Crippen molar-refractivity contribution in [2.24, 2.45) is 0 Å². The quantitative estimate of drug-likeness (QED) is 0.522. The number of nitrogens with one attached hydrogen (secondary N) is 1.